The molecule has 1 fully saturated rings. The average Bonchev–Trinajstić information content (AvgIpc) is 3.32. The summed E-state index contributed by atoms with van der Waals surface area (Å²) in [4.78, 5) is 21.8. The number of aromatic nitrogens is 2. The first kappa shape index (κ1) is 23.6. The van der Waals surface area contributed by atoms with Crippen LogP contribution < -0.4 is 10.1 Å². The van der Waals surface area contributed by atoms with E-state index in [9.17, 15) is 18.0 Å². The second-order valence-corrected chi connectivity index (χ2v) is 8.52. The maximum absolute atomic E-state index is 12.5. The van der Waals surface area contributed by atoms with Crippen molar-refractivity contribution in [2.24, 2.45) is 0 Å². The molecule has 32 heavy (non-hydrogen) atoms. The van der Waals surface area contributed by atoms with Gasteiger partial charge in [0.05, 0.1) is 18.3 Å². The number of hydrogen-bond acceptors (Lipinski definition) is 5. The molecule has 2 aromatic rings. The number of aromatic amines is 1. The number of alkyl halides is 3. The smallest absolute Gasteiger partial charge is 0.406 e. The van der Waals surface area contributed by atoms with Crippen molar-refractivity contribution in [3.63, 3.8) is 0 Å². The fourth-order valence-electron chi connectivity index (χ4n) is 3.74. The predicted octanol–water partition coefficient (Wildman–Crippen LogP) is 3.71. The zero-order chi connectivity index (χ0) is 23.5. The summed E-state index contributed by atoms with van der Waals surface area (Å²) in [6.07, 6.45) is -2.74. The van der Waals surface area contributed by atoms with E-state index in [-0.39, 0.29) is 24.2 Å². The van der Waals surface area contributed by atoms with Crippen LogP contribution in [0.15, 0.2) is 24.3 Å². The van der Waals surface area contributed by atoms with Crippen LogP contribution >= 0.6 is 0 Å². The van der Waals surface area contributed by atoms with E-state index in [1.54, 1.807) is 11.0 Å². The van der Waals surface area contributed by atoms with E-state index in [0.29, 0.717) is 30.8 Å². The van der Waals surface area contributed by atoms with Crippen LogP contribution in [0, 0.1) is 18.3 Å². The quantitative estimate of drug-likeness (QED) is 0.672. The minimum atomic E-state index is -4.77. The number of nitriles is 1. The van der Waals surface area contributed by atoms with Crippen molar-refractivity contribution in [3.05, 3.63) is 35.7 Å². The van der Waals surface area contributed by atoms with Crippen LogP contribution in [0.5, 0.6) is 5.75 Å². The SMILES string of the molecule is Cc1[nH]c(-c2cccc(OC(F)(F)F)c2)nc1CC(C)(C)NCC(=O)N1CCC[C@H]1C#N. The van der Waals surface area contributed by atoms with Gasteiger partial charge in [0.25, 0.3) is 0 Å². The molecule has 1 aromatic heterocycles. The molecule has 0 aliphatic carbocycles. The summed E-state index contributed by atoms with van der Waals surface area (Å²) in [5.41, 5.74) is 1.52. The van der Waals surface area contributed by atoms with Gasteiger partial charge in [-0.15, -0.1) is 13.2 Å². The number of ether oxygens (including phenoxy) is 1. The molecule has 1 aliphatic heterocycles. The number of carbonyl (C=O) groups excluding carboxylic acids is 1. The number of amides is 1. The molecule has 3 rings (SSSR count). The zero-order valence-electron chi connectivity index (χ0n) is 18.2. The summed E-state index contributed by atoms with van der Waals surface area (Å²) < 4.78 is 41.5. The maximum atomic E-state index is 12.5. The first-order valence-corrected chi connectivity index (χ1v) is 10.3. The van der Waals surface area contributed by atoms with Gasteiger partial charge >= 0.3 is 6.36 Å². The molecule has 0 spiro atoms. The van der Waals surface area contributed by atoms with Gasteiger partial charge in [0.15, 0.2) is 0 Å². The van der Waals surface area contributed by atoms with Gasteiger partial charge in [-0.25, -0.2) is 4.98 Å². The van der Waals surface area contributed by atoms with Crippen LogP contribution in [0.25, 0.3) is 11.4 Å². The Morgan fingerprint density at radius 1 is 1.41 bits per heavy atom. The number of nitrogens with one attached hydrogen (secondary N) is 2. The number of carbonyl (C=O) groups is 1. The molecule has 172 valence electrons. The van der Waals surface area contributed by atoms with E-state index in [0.717, 1.165) is 17.8 Å². The number of aryl methyl sites for hydroxylation is 1. The number of likely N-dealkylation sites (tertiary alicyclic amines) is 1. The van der Waals surface area contributed by atoms with Crippen LogP contribution in [-0.4, -0.2) is 51.8 Å². The van der Waals surface area contributed by atoms with Gasteiger partial charge in [-0.2, -0.15) is 5.26 Å². The maximum Gasteiger partial charge on any atom is 0.573 e. The lowest BCUT2D eigenvalue weighted by molar-refractivity contribution is -0.274. The number of nitrogens with zero attached hydrogens (tertiary/aromatic N) is 3. The zero-order valence-corrected chi connectivity index (χ0v) is 18.2. The van der Waals surface area contributed by atoms with Gasteiger partial charge in [0.1, 0.15) is 17.6 Å². The van der Waals surface area contributed by atoms with Gasteiger partial charge in [-0.1, -0.05) is 12.1 Å². The van der Waals surface area contributed by atoms with Crippen molar-refractivity contribution in [1.29, 1.82) is 5.26 Å². The lowest BCUT2D eigenvalue weighted by atomic mass is 9.97. The summed E-state index contributed by atoms with van der Waals surface area (Å²) in [5, 5.41) is 12.4. The molecule has 0 unspecified atom stereocenters. The van der Waals surface area contributed by atoms with E-state index in [4.69, 9.17) is 5.26 Å². The highest BCUT2D eigenvalue weighted by molar-refractivity contribution is 5.79. The van der Waals surface area contributed by atoms with Crippen molar-refractivity contribution in [1.82, 2.24) is 20.2 Å². The molecule has 1 aliphatic rings. The Hall–Kier alpha value is -3.06. The number of halogens is 3. The van der Waals surface area contributed by atoms with E-state index in [1.807, 2.05) is 20.8 Å². The second kappa shape index (κ2) is 9.20. The molecular formula is C22H26F3N5O2. The number of hydrogen-bond donors (Lipinski definition) is 2. The Bertz CT molecular complexity index is 1010. The number of benzene rings is 1. The van der Waals surface area contributed by atoms with Gasteiger partial charge in [-0.3, -0.25) is 4.79 Å². The number of H-pyrrole nitrogens is 1. The molecule has 1 saturated heterocycles. The highest BCUT2D eigenvalue weighted by Gasteiger charge is 2.32. The first-order chi connectivity index (χ1) is 15.0. The van der Waals surface area contributed by atoms with E-state index >= 15 is 0 Å². The van der Waals surface area contributed by atoms with Crippen molar-refractivity contribution < 1.29 is 22.7 Å². The molecule has 7 nitrogen and oxygen atoms in total. The first-order valence-electron chi connectivity index (χ1n) is 10.3. The molecule has 1 atom stereocenters. The van der Waals surface area contributed by atoms with Crippen LogP contribution in [0.3, 0.4) is 0 Å². The summed E-state index contributed by atoms with van der Waals surface area (Å²) in [6.45, 7) is 6.43. The van der Waals surface area contributed by atoms with E-state index in [1.165, 1.54) is 18.2 Å². The van der Waals surface area contributed by atoms with E-state index in [2.05, 4.69) is 26.1 Å². The third-order valence-electron chi connectivity index (χ3n) is 5.38. The lowest BCUT2D eigenvalue weighted by Crippen LogP contribution is -2.48. The molecule has 10 heteroatoms. The normalized spacial score (nSPS) is 16.8. The summed E-state index contributed by atoms with van der Waals surface area (Å²) in [5.74, 6) is 0.0117. The Morgan fingerprint density at radius 3 is 2.84 bits per heavy atom. The highest BCUT2D eigenvalue weighted by Crippen LogP contribution is 2.28. The Morgan fingerprint density at radius 2 is 2.16 bits per heavy atom. The third-order valence-corrected chi connectivity index (χ3v) is 5.38. The summed E-state index contributed by atoms with van der Waals surface area (Å²) >= 11 is 0. The third kappa shape index (κ3) is 6.01. The standard InChI is InChI=1S/C22H26F3N5O2/c1-14-18(11-21(2,3)27-13-19(31)30-9-5-7-16(30)12-26)29-20(28-14)15-6-4-8-17(10-15)32-22(23,24)25/h4,6,8,10,16,27H,5,7,9,11,13H2,1-3H3,(H,28,29)/t16-/m0/s1. The number of rotatable bonds is 7. The molecule has 0 bridgehead atoms. The largest absolute Gasteiger partial charge is 0.573 e. The molecular weight excluding hydrogens is 423 g/mol. The number of imidazole rings is 1. The van der Waals surface area contributed by atoms with Crippen LogP contribution in [0.2, 0.25) is 0 Å². The van der Waals surface area contributed by atoms with Gasteiger partial charge in [-0.05, 0) is 45.7 Å². The van der Waals surface area contributed by atoms with Crippen molar-refractivity contribution >= 4 is 5.91 Å². The van der Waals surface area contributed by atoms with Crippen LogP contribution in [-0.2, 0) is 11.2 Å². The second-order valence-electron chi connectivity index (χ2n) is 8.52. The van der Waals surface area contributed by atoms with Gasteiger partial charge in [0.2, 0.25) is 5.91 Å². The van der Waals surface area contributed by atoms with Crippen molar-refractivity contribution in [2.45, 2.75) is 58.0 Å². The Kier molecular flexibility index (Phi) is 6.79. The van der Waals surface area contributed by atoms with Crippen molar-refractivity contribution in [3.8, 4) is 23.2 Å². The van der Waals surface area contributed by atoms with Gasteiger partial charge < -0.3 is 19.9 Å². The van der Waals surface area contributed by atoms with Gasteiger partial charge in [0, 0.05) is 29.8 Å². The topological polar surface area (TPSA) is 94.0 Å². The summed E-state index contributed by atoms with van der Waals surface area (Å²) in [7, 11) is 0. The minimum absolute atomic E-state index is 0.108. The molecule has 1 aromatic carbocycles. The summed E-state index contributed by atoms with van der Waals surface area (Å²) in [6, 6.07) is 7.43. The van der Waals surface area contributed by atoms with Crippen molar-refractivity contribution in [2.75, 3.05) is 13.1 Å². The molecule has 1 amide bonds. The Balaban J connectivity index is 1.66. The van der Waals surface area contributed by atoms with Crippen LogP contribution in [0.1, 0.15) is 38.1 Å². The fraction of sp³-hybridized carbons (Fsp3) is 0.500. The molecule has 0 radical (unpaired) electrons. The average molecular weight is 449 g/mol. The van der Waals surface area contributed by atoms with E-state index < -0.39 is 11.9 Å². The molecule has 0 saturated carbocycles. The minimum Gasteiger partial charge on any atom is -0.406 e. The molecule has 2 heterocycles. The monoisotopic (exact) mass is 449 g/mol. The van der Waals surface area contributed by atoms with Crippen LogP contribution in [0.4, 0.5) is 13.2 Å². The molecule has 2 N–H and O–H groups in total. The Labute approximate surface area is 184 Å². The highest BCUT2D eigenvalue weighted by atomic mass is 19.4. The lowest BCUT2D eigenvalue weighted by Gasteiger charge is -2.28. The fourth-order valence-corrected chi connectivity index (χ4v) is 3.74. The predicted molar refractivity (Wildman–Crippen MR) is 112 cm³/mol.